The Morgan fingerprint density at radius 3 is 2.45 bits per heavy atom. The molecule has 0 radical (unpaired) electrons. The van der Waals surface area contributed by atoms with E-state index >= 15 is 0 Å². The van der Waals surface area contributed by atoms with Crippen LogP contribution in [0.3, 0.4) is 0 Å². The van der Waals surface area contributed by atoms with Crippen LogP contribution in [-0.4, -0.2) is 39.4 Å². The van der Waals surface area contributed by atoms with Crippen molar-refractivity contribution in [3.63, 3.8) is 0 Å². The van der Waals surface area contributed by atoms with Crippen LogP contribution in [0.5, 0.6) is 0 Å². The van der Waals surface area contributed by atoms with Gasteiger partial charge in [-0.2, -0.15) is 0 Å². The van der Waals surface area contributed by atoms with Crippen LogP contribution in [0, 0.1) is 6.92 Å². The molecule has 1 saturated carbocycles. The van der Waals surface area contributed by atoms with Crippen molar-refractivity contribution in [2.45, 2.75) is 32.2 Å². The zero-order valence-corrected chi connectivity index (χ0v) is 16.3. The van der Waals surface area contributed by atoms with Crippen molar-refractivity contribution in [3.05, 3.63) is 77.1 Å². The third kappa shape index (κ3) is 4.51. The minimum Gasteiger partial charge on any atom is -0.352 e. The van der Waals surface area contributed by atoms with Gasteiger partial charge in [0.05, 0.1) is 11.4 Å². The summed E-state index contributed by atoms with van der Waals surface area (Å²) < 4.78 is 1.61. The second-order valence-corrected chi connectivity index (χ2v) is 7.22. The fourth-order valence-electron chi connectivity index (χ4n) is 3.09. The third-order valence-corrected chi connectivity index (χ3v) is 4.94. The Kier molecular flexibility index (Phi) is 5.37. The van der Waals surface area contributed by atoms with Crippen LogP contribution in [0.2, 0.25) is 0 Å². The van der Waals surface area contributed by atoms with E-state index in [2.05, 4.69) is 20.9 Å². The van der Waals surface area contributed by atoms with Crippen molar-refractivity contribution in [1.29, 1.82) is 0 Å². The fourth-order valence-corrected chi connectivity index (χ4v) is 3.09. The highest BCUT2D eigenvalue weighted by Gasteiger charge is 2.26. The van der Waals surface area contributed by atoms with Gasteiger partial charge in [0, 0.05) is 18.2 Å². The Hall–Kier alpha value is -3.48. The van der Waals surface area contributed by atoms with E-state index in [0.717, 1.165) is 24.9 Å². The summed E-state index contributed by atoms with van der Waals surface area (Å²) in [6.45, 7) is 2.39. The number of carbonyl (C=O) groups excluding carboxylic acids is 2. The van der Waals surface area contributed by atoms with Crippen LogP contribution in [0.25, 0.3) is 5.69 Å². The molecule has 4 rings (SSSR count). The lowest BCUT2D eigenvalue weighted by molar-refractivity contribution is 0.0940. The largest absolute Gasteiger partial charge is 0.352 e. The van der Waals surface area contributed by atoms with Crippen molar-refractivity contribution in [2.75, 3.05) is 6.54 Å². The standard InChI is InChI=1S/C22H23N5O2/c1-15-20(22(29)24-18-9-10-18)25-26-27(15)19-11-7-17(8-12-19)21(28)23-14-13-16-5-3-2-4-6-16/h2-8,11-12,18H,9-10,13-14H2,1H3,(H,23,28)(H,24,29). The summed E-state index contributed by atoms with van der Waals surface area (Å²) in [7, 11) is 0. The van der Waals surface area contributed by atoms with E-state index in [1.807, 2.05) is 37.3 Å². The molecule has 1 aromatic heterocycles. The molecule has 2 amide bonds. The molecule has 0 spiro atoms. The lowest BCUT2D eigenvalue weighted by atomic mass is 10.1. The van der Waals surface area contributed by atoms with Gasteiger partial charge in [-0.05, 0) is 56.0 Å². The monoisotopic (exact) mass is 389 g/mol. The molecular weight excluding hydrogens is 366 g/mol. The molecule has 3 aromatic rings. The highest BCUT2D eigenvalue weighted by atomic mass is 16.2. The number of nitrogens with zero attached hydrogens (tertiary/aromatic N) is 3. The average molecular weight is 389 g/mol. The molecule has 29 heavy (non-hydrogen) atoms. The number of amides is 2. The number of hydrogen-bond donors (Lipinski definition) is 2. The predicted octanol–water partition coefficient (Wildman–Crippen LogP) is 2.44. The zero-order chi connectivity index (χ0) is 20.2. The normalized spacial score (nSPS) is 13.1. The minimum absolute atomic E-state index is 0.118. The third-order valence-electron chi connectivity index (χ3n) is 4.94. The molecule has 7 nitrogen and oxygen atoms in total. The first kappa shape index (κ1) is 18.9. The first-order valence-corrected chi connectivity index (χ1v) is 9.77. The quantitative estimate of drug-likeness (QED) is 0.650. The highest BCUT2D eigenvalue weighted by molar-refractivity contribution is 5.94. The molecule has 1 fully saturated rings. The van der Waals surface area contributed by atoms with E-state index in [9.17, 15) is 9.59 Å². The predicted molar refractivity (Wildman–Crippen MR) is 109 cm³/mol. The Labute approximate surface area is 169 Å². The smallest absolute Gasteiger partial charge is 0.273 e. The second-order valence-electron chi connectivity index (χ2n) is 7.22. The van der Waals surface area contributed by atoms with Gasteiger partial charge in [-0.15, -0.1) is 5.10 Å². The van der Waals surface area contributed by atoms with Crippen LogP contribution < -0.4 is 10.6 Å². The number of benzene rings is 2. The topological polar surface area (TPSA) is 88.9 Å². The minimum atomic E-state index is -0.189. The van der Waals surface area contributed by atoms with Crippen LogP contribution >= 0.6 is 0 Å². The SMILES string of the molecule is Cc1c(C(=O)NC2CC2)nnn1-c1ccc(C(=O)NCCc2ccccc2)cc1. The summed E-state index contributed by atoms with van der Waals surface area (Å²) in [6, 6.07) is 17.4. The maximum Gasteiger partial charge on any atom is 0.273 e. The summed E-state index contributed by atoms with van der Waals surface area (Å²) in [6.07, 6.45) is 2.83. The zero-order valence-electron chi connectivity index (χ0n) is 16.3. The van der Waals surface area contributed by atoms with Crippen LogP contribution in [0.15, 0.2) is 54.6 Å². The van der Waals surface area contributed by atoms with E-state index in [0.29, 0.717) is 23.5 Å². The molecule has 0 unspecified atom stereocenters. The van der Waals surface area contributed by atoms with Crippen molar-refractivity contribution >= 4 is 11.8 Å². The molecule has 148 valence electrons. The Morgan fingerprint density at radius 1 is 1.03 bits per heavy atom. The van der Waals surface area contributed by atoms with Gasteiger partial charge >= 0.3 is 0 Å². The van der Waals surface area contributed by atoms with Crippen LogP contribution in [-0.2, 0) is 6.42 Å². The molecule has 0 aliphatic heterocycles. The molecule has 2 N–H and O–H groups in total. The molecule has 7 heteroatoms. The molecule has 2 aromatic carbocycles. The van der Waals surface area contributed by atoms with Gasteiger partial charge < -0.3 is 10.6 Å². The number of carbonyl (C=O) groups is 2. The van der Waals surface area contributed by atoms with Crippen molar-refractivity contribution in [2.24, 2.45) is 0 Å². The first-order valence-electron chi connectivity index (χ1n) is 9.77. The molecule has 0 atom stereocenters. The van der Waals surface area contributed by atoms with Gasteiger partial charge in [0.2, 0.25) is 0 Å². The van der Waals surface area contributed by atoms with Crippen LogP contribution in [0.1, 0.15) is 44.9 Å². The van der Waals surface area contributed by atoms with E-state index in [1.165, 1.54) is 5.56 Å². The van der Waals surface area contributed by atoms with Crippen molar-refractivity contribution < 1.29 is 9.59 Å². The maximum absolute atomic E-state index is 12.4. The molecule has 1 aliphatic carbocycles. The number of rotatable bonds is 7. The molecule has 1 aliphatic rings. The Balaban J connectivity index is 1.38. The number of nitrogens with one attached hydrogen (secondary N) is 2. The Morgan fingerprint density at radius 2 is 1.76 bits per heavy atom. The highest BCUT2D eigenvalue weighted by Crippen LogP contribution is 2.20. The second kappa shape index (κ2) is 8.26. The van der Waals surface area contributed by atoms with Crippen LogP contribution in [0.4, 0.5) is 0 Å². The number of aromatic nitrogens is 3. The number of hydrogen-bond acceptors (Lipinski definition) is 4. The van der Waals surface area contributed by atoms with Gasteiger partial charge in [0.25, 0.3) is 11.8 Å². The molecular formula is C22H23N5O2. The van der Waals surface area contributed by atoms with E-state index in [1.54, 1.807) is 28.9 Å². The summed E-state index contributed by atoms with van der Waals surface area (Å²) in [5.41, 5.74) is 3.52. The summed E-state index contributed by atoms with van der Waals surface area (Å²) in [5.74, 6) is -0.307. The summed E-state index contributed by atoms with van der Waals surface area (Å²) in [4.78, 5) is 24.6. The van der Waals surface area contributed by atoms with Gasteiger partial charge in [0.1, 0.15) is 0 Å². The Bertz CT molecular complexity index is 1010. The molecule has 0 bridgehead atoms. The molecule has 0 saturated heterocycles. The maximum atomic E-state index is 12.4. The van der Waals surface area contributed by atoms with Crippen molar-refractivity contribution in [1.82, 2.24) is 25.6 Å². The first-order chi connectivity index (χ1) is 14.1. The summed E-state index contributed by atoms with van der Waals surface area (Å²) >= 11 is 0. The summed E-state index contributed by atoms with van der Waals surface area (Å²) in [5, 5.41) is 14.0. The van der Waals surface area contributed by atoms with Gasteiger partial charge in [-0.3, -0.25) is 9.59 Å². The lowest BCUT2D eigenvalue weighted by Gasteiger charge is -2.07. The van der Waals surface area contributed by atoms with E-state index < -0.39 is 0 Å². The van der Waals surface area contributed by atoms with Gasteiger partial charge in [-0.1, -0.05) is 35.5 Å². The molecule has 1 heterocycles. The lowest BCUT2D eigenvalue weighted by Crippen LogP contribution is -2.26. The van der Waals surface area contributed by atoms with Gasteiger partial charge in [0.15, 0.2) is 5.69 Å². The average Bonchev–Trinajstić information content (AvgIpc) is 3.47. The van der Waals surface area contributed by atoms with E-state index in [-0.39, 0.29) is 17.9 Å². The van der Waals surface area contributed by atoms with E-state index in [4.69, 9.17) is 0 Å². The fraction of sp³-hybridized carbons (Fsp3) is 0.273. The van der Waals surface area contributed by atoms with Gasteiger partial charge in [-0.25, -0.2) is 4.68 Å². The van der Waals surface area contributed by atoms with Crippen molar-refractivity contribution in [3.8, 4) is 5.69 Å².